The molecule has 0 aliphatic heterocycles. The van der Waals surface area contributed by atoms with Crippen molar-refractivity contribution in [1.29, 1.82) is 10.8 Å². The zero-order valence-corrected chi connectivity index (χ0v) is 22.0. The van der Waals surface area contributed by atoms with Crippen molar-refractivity contribution >= 4 is 11.7 Å². The number of hydrogen-bond donors (Lipinski definition) is 2. The molecule has 0 fully saturated rings. The summed E-state index contributed by atoms with van der Waals surface area (Å²) in [4.78, 5) is 12.9. The van der Waals surface area contributed by atoms with Crippen LogP contribution in [0.25, 0.3) is 11.3 Å². The van der Waals surface area contributed by atoms with Crippen molar-refractivity contribution in [2.24, 2.45) is 13.0 Å². The normalized spacial score (nSPS) is 12.3. The number of unbranched alkanes of at least 4 members (excludes halogenated alkanes) is 1. The van der Waals surface area contributed by atoms with Crippen LogP contribution in [0.1, 0.15) is 70.6 Å². The van der Waals surface area contributed by atoms with Gasteiger partial charge in [-0.15, -0.1) is 0 Å². The first kappa shape index (κ1) is 28.6. The zero-order valence-electron chi connectivity index (χ0n) is 22.0. The molecule has 2 N–H and O–H groups in total. The second kappa shape index (κ2) is 13.5. The Hall–Kier alpha value is -3.62. The quantitative estimate of drug-likeness (QED) is 0.301. The van der Waals surface area contributed by atoms with Gasteiger partial charge in [-0.05, 0) is 25.0 Å². The predicted molar refractivity (Wildman–Crippen MR) is 141 cm³/mol. The highest BCUT2D eigenvalue weighted by Crippen LogP contribution is 2.26. The van der Waals surface area contributed by atoms with Gasteiger partial charge in [-0.3, -0.25) is 15.6 Å². The fourth-order valence-corrected chi connectivity index (χ4v) is 3.39. The predicted octanol–water partition coefficient (Wildman–Crippen LogP) is 5.84. The third-order valence-corrected chi connectivity index (χ3v) is 6.15. The van der Waals surface area contributed by atoms with Crippen molar-refractivity contribution in [3.05, 3.63) is 70.0 Å². The molecule has 8 nitrogen and oxygen atoms in total. The lowest BCUT2D eigenvalue weighted by atomic mass is 10.00. The smallest absolute Gasteiger partial charge is 0.267 e. The molecule has 2 heterocycles. The summed E-state index contributed by atoms with van der Waals surface area (Å²) in [5.74, 6) is 1.32. The fourth-order valence-electron chi connectivity index (χ4n) is 3.39. The summed E-state index contributed by atoms with van der Waals surface area (Å²) < 4.78 is 19.6. The molecule has 0 aliphatic carbocycles. The van der Waals surface area contributed by atoms with Crippen molar-refractivity contribution < 1.29 is 8.91 Å². The largest absolute Gasteiger partial charge is 0.356 e. The molecule has 3 rings (SSSR count). The van der Waals surface area contributed by atoms with E-state index in [1.807, 2.05) is 26.0 Å². The van der Waals surface area contributed by atoms with E-state index < -0.39 is 0 Å². The van der Waals surface area contributed by atoms with E-state index in [9.17, 15) is 9.18 Å². The Bertz CT molecular complexity index is 1220. The lowest BCUT2D eigenvalue weighted by Crippen LogP contribution is -2.37. The average Bonchev–Trinajstić information content (AvgIpc) is 3.38. The molecule has 0 aliphatic rings. The fraction of sp³-hybridized carbons (Fsp3) is 0.444. The molecule has 0 saturated carbocycles. The van der Waals surface area contributed by atoms with Gasteiger partial charge < -0.3 is 9.42 Å². The number of nitrogens with zero attached hydrogens (tertiary/aromatic N) is 4. The van der Waals surface area contributed by atoms with Crippen LogP contribution >= 0.6 is 0 Å². The van der Waals surface area contributed by atoms with Gasteiger partial charge in [0.1, 0.15) is 17.5 Å². The molecular formula is C27H37FN6O2. The average molecular weight is 497 g/mol. The Balaban J connectivity index is 0.000000254. The van der Waals surface area contributed by atoms with Gasteiger partial charge in [0.05, 0.1) is 11.9 Å². The van der Waals surface area contributed by atoms with Crippen molar-refractivity contribution in [2.45, 2.75) is 59.3 Å². The first-order valence-electron chi connectivity index (χ1n) is 12.3. The van der Waals surface area contributed by atoms with E-state index in [4.69, 9.17) is 15.3 Å². The van der Waals surface area contributed by atoms with Crippen LogP contribution in [0.2, 0.25) is 0 Å². The van der Waals surface area contributed by atoms with Gasteiger partial charge in [-0.1, -0.05) is 57.8 Å². The molecule has 36 heavy (non-hydrogen) atoms. The summed E-state index contributed by atoms with van der Waals surface area (Å²) in [7, 11) is 3.22. The Labute approximate surface area is 212 Å². The molecule has 0 amide bonds. The summed E-state index contributed by atoms with van der Waals surface area (Å²) in [5.41, 5.74) is 1.84. The van der Waals surface area contributed by atoms with Crippen molar-refractivity contribution in [3.63, 3.8) is 0 Å². The third-order valence-electron chi connectivity index (χ3n) is 6.15. The number of aryl methyl sites for hydroxylation is 1. The summed E-state index contributed by atoms with van der Waals surface area (Å²) >= 11 is 0. The highest BCUT2D eigenvalue weighted by atomic mass is 19.1. The third kappa shape index (κ3) is 7.69. The minimum absolute atomic E-state index is 0.0786. The standard InChI is InChI=1S/C15H18FNO.C12H19N5O/c1-3-4-6-11(2)14-10-15(18-17-14)12-7-5-8-13(16)9-12;1-5-8(2)11(13)16(3)12(14)9-6-10(18)17(4)15-7-9/h5,7-11H,3-4,6H2,1-2H3;6-8,13-14H,5H2,1-4H3/t;8-/m.1/s1. The van der Waals surface area contributed by atoms with E-state index in [2.05, 4.69) is 24.1 Å². The monoisotopic (exact) mass is 496 g/mol. The molecule has 2 atom stereocenters. The van der Waals surface area contributed by atoms with Crippen LogP contribution in [0.3, 0.4) is 0 Å². The molecule has 0 bridgehead atoms. The molecule has 0 spiro atoms. The minimum Gasteiger partial charge on any atom is -0.356 e. The van der Waals surface area contributed by atoms with Crippen LogP contribution < -0.4 is 5.56 Å². The van der Waals surface area contributed by atoms with Crippen LogP contribution in [-0.2, 0) is 7.05 Å². The highest BCUT2D eigenvalue weighted by Gasteiger charge is 2.17. The number of benzene rings is 1. The van der Waals surface area contributed by atoms with Crippen LogP contribution in [0.4, 0.5) is 4.39 Å². The molecule has 2 aromatic heterocycles. The van der Waals surface area contributed by atoms with Gasteiger partial charge in [-0.25, -0.2) is 9.07 Å². The Morgan fingerprint density at radius 1 is 1.19 bits per heavy atom. The van der Waals surface area contributed by atoms with E-state index in [1.165, 1.54) is 46.8 Å². The molecule has 1 aromatic carbocycles. The first-order chi connectivity index (χ1) is 17.1. The maximum absolute atomic E-state index is 13.1. The van der Waals surface area contributed by atoms with Gasteiger partial charge in [0.2, 0.25) is 0 Å². The van der Waals surface area contributed by atoms with Crippen molar-refractivity contribution in [3.8, 4) is 11.3 Å². The molecule has 9 heteroatoms. The number of hydrogen-bond acceptors (Lipinski definition) is 6. The van der Waals surface area contributed by atoms with E-state index in [1.54, 1.807) is 20.2 Å². The van der Waals surface area contributed by atoms with E-state index >= 15 is 0 Å². The second-order valence-electron chi connectivity index (χ2n) is 8.98. The Morgan fingerprint density at radius 3 is 2.53 bits per heavy atom. The van der Waals surface area contributed by atoms with Gasteiger partial charge in [0.25, 0.3) is 5.56 Å². The molecule has 1 unspecified atom stereocenters. The van der Waals surface area contributed by atoms with Crippen LogP contribution in [-0.4, -0.2) is 38.6 Å². The molecule has 0 radical (unpaired) electrons. The maximum atomic E-state index is 13.1. The zero-order chi connectivity index (χ0) is 26.8. The summed E-state index contributed by atoms with van der Waals surface area (Å²) in [6.07, 6.45) is 5.77. The first-order valence-corrected chi connectivity index (χ1v) is 12.3. The van der Waals surface area contributed by atoms with Gasteiger partial charge in [0, 0.05) is 49.2 Å². The van der Waals surface area contributed by atoms with E-state index in [0.717, 1.165) is 24.1 Å². The number of amidine groups is 2. The van der Waals surface area contributed by atoms with Crippen molar-refractivity contribution in [2.75, 3.05) is 7.05 Å². The van der Waals surface area contributed by atoms with Gasteiger partial charge in [0.15, 0.2) is 5.76 Å². The van der Waals surface area contributed by atoms with Gasteiger partial charge in [-0.2, -0.15) is 5.10 Å². The molecule has 3 aromatic rings. The lowest BCUT2D eigenvalue weighted by Gasteiger charge is -2.24. The summed E-state index contributed by atoms with van der Waals surface area (Å²) in [5, 5.41) is 23.9. The van der Waals surface area contributed by atoms with Crippen LogP contribution in [0.15, 0.2) is 51.9 Å². The number of nitrogens with one attached hydrogen (secondary N) is 2. The Kier molecular flexibility index (Phi) is 10.7. The topological polar surface area (TPSA) is 112 Å². The number of halogens is 1. The van der Waals surface area contributed by atoms with Crippen LogP contribution in [0.5, 0.6) is 0 Å². The van der Waals surface area contributed by atoms with Crippen LogP contribution in [0, 0.1) is 22.6 Å². The van der Waals surface area contributed by atoms with Crippen molar-refractivity contribution in [1.82, 2.24) is 19.8 Å². The second-order valence-corrected chi connectivity index (χ2v) is 8.98. The van der Waals surface area contributed by atoms with E-state index in [0.29, 0.717) is 23.1 Å². The SMILES string of the molecule is CCCCC(C)c1cc(-c2cccc(F)c2)on1.CC[C@@H](C)C(=N)N(C)C(=N)c1cnn(C)c(=O)c1. The Morgan fingerprint density at radius 2 is 1.92 bits per heavy atom. The molecule has 0 saturated heterocycles. The minimum atomic E-state index is -0.263. The number of aromatic nitrogens is 3. The molecular weight excluding hydrogens is 459 g/mol. The van der Waals surface area contributed by atoms with Gasteiger partial charge >= 0.3 is 0 Å². The lowest BCUT2D eigenvalue weighted by molar-refractivity contribution is 0.414. The molecule has 194 valence electrons. The van der Waals surface area contributed by atoms with E-state index in [-0.39, 0.29) is 23.1 Å². The highest BCUT2D eigenvalue weighted by molar-refractivity contribution is 6.06. The summed E-state index contributed by atoms with van der Waals surface area (Å²) in [6.45, 7) is 8.25. The maximum Gasteiger partial charge on any atom is 0.267 e. The number of rotatable bonds is 8. The summed E-state index contributed by atoms with van der Waals surface area (Å²) in [6, 6.07) is 9.65.